The Labute approximate surface area is 158 Å². The summed E-state index contributed by atoms with van der Waals surface area (Å²) in [6, 6.07) is 1.67. The number of rotatable bonds is 4. The number of nitrogens with one attached hydrogen (secondary N) is 3. The Bertz CT molecular complexity index is 662. The van der Waals surface area contributed by atoms with Crippen LogP contribution >= 0.6 is 11.6 Å². The van der Waals surface area contributed by atoms with E-state index in [0.29, 0.717) is 12.1 Å². The summed E-state index contributed by atoms with van der Waals surface area (Å²) in [5.74, 6) is -0.337. The van der Waals surface area contributed by atoms with Gasteiger partial charge in [-0.05, 0) is 46.5 Å². The first-order valence-electron chi connectivity index (χ1n) is 8.69. The molecule has 1 aromatic heterocycles. The third-order valence-corrected chi connectivity index (χ3v) is 4.15. The van der Waals surface area contributed by atoms with Gasteiger partial charge in [-0.3, -0.25) is 4.79 Å². The maximum Gasteiger partial charge on any atom is 0.407 e. The number of alkyl carbamates (subject to hydrolysis) is 1. The zero-order chi connectivity index (χ0) is 19.3. The zero-order valence-electron chi connectivity index (χ0n) is 15.6. The van der Waals surface area contributed by atoms with Gasteiger partial charge >= 0.3 is 6.09 Å². The molecule has 1 fully saturated rings. The highest BCUT2D eigenvalue weighted by atomic mass is 35.5. The number of anilines is 1. The maximum absolute atomic E-state index is 12.0. The fourth-order valence-electron chi connectivity index (χ4n) is 2.91. The molecule has 0 spiro atoms. The molecule has 2 unspecified atom stereocenters. The summed E-state index contributed by atoms with van der Waals surface area (Å²) in [6.07, 6.45) is 3.05. The summed E-state index contributed by atoms with van der Waals surface area (Å²) in [4.78, 5) is 23.9. The van der Waals surface area contributed by atoms with E-state index in [1.54, 1.807) is 6.07 Å². The van der Waals surface area contributed by atoms with Crippen LogP contribution in [0.4, 0.5) is 10.5 Å². The second-order valence-electron chi connectivity index (χ2n) is 7.36. The van der Waals surface area contributed by atoms with Gasteiger partial charge in [-0.2, -0.15) is 0 Å². The molecular formula is C17H26ClN5O3. The van der Waals surface area contributed by atoms with Gasteiger partial charge in [0.15, 0.2) is 10.8 Å². The summed E-state index contributed by atoms with van der Waals surface area (Å²) >= 11 is 5.92. The van der Waals surface area contributed by atoms with Gasteiger partial charge in [0.2, 0.25) is 0 Å². The fourth-order valence-corrected chi connectivity index (χ4v) is 3.06. The molecule has 0 bridgehead atoms. The topological polar surface area (TPSA) is 105 Å². The molecule has 0 aliphatic heterocycles. The van der Waals surface area contributed by atoms with Crippen LogP contribution < -0.4 is 16.0 Å². The average molecular weight is 384 g/mol. The SMILES string of the molecule is CNC(=O)c1nnc(Cl)cc1NC1CCCC(NC(=O)OC(C)(C)C)C1. The summed E-state index contributed by atoms with van der Waals surface area (Å²) in [5.41, 5.74) is 0.199. The van der Waals surface area contributed by atoms with Crippen molar-refractivity contribution in [3.8, 4) is 0 Å². The van der Waals surface area contributed by atoms with Crippen LogP contribution in [0.3, 0.4) is 0 Å². The predicted molar refractivity (Wildman–Crippen MR) is 99.5 cm³/mol. The van der Waals surface area contributed by atoms with E-state index in [4.69, 9.17) is 16.3 Å². The molecule has 2 atom stereocenters. The van der Waals surface area contributed by atoms with E-state index in [0.717, 1.165) is 19.3 Å². The zero-order valence-corrected chi connectivity index (χ0v) is 16.3. The first kappa shape index (κ1) is 20.2. The smallest absolute Gasteiger partial charge is 0.407 e. The lowest BCUT2D eigenvalue weighted by molar-refractivity contribution is 0.0492. The van der Waals surface area contributed by atoms with Crippen molar-refractivity contribution in [3.63, 3.8) is 0 Å². The van der Waals surface area contributed by atoms with Crippen molar-refractivity contribution in [2.24, 2.45) is 0 Å². The van der Waals surface area contributed by atoms with Crippen molar-refractivity contribution < 1.29 is 14.3 Å². The van der Waals surface area contributed by atoms with Gasteiger partial charge in [0.1, 0.15) is 5.60 Å². The third-order valence-electron chi connectivity index (χ3n) is 3.96. The molecule has 9 heteroatoms. The number of halogens is 1. The maximum atomic E-state index is 12.0. The van der Waals surface area contributed by atoms with Crippen LogP contribution in [-0.4, -0.2) is 46.9 Å². The summed E-state index contributed by atoms with van der Waals surface area (Å²) in [5, 5.41) is 16.6. The molecule has 1 aliphatic rings. The van der Waals surface area contributed by atoms with Gasteiger partial charge in [-0.15, -0.1) is 10.2 Å². The number of hydrogen-bond acceptors (Lipinski definition) is 6. The summed E-state index contributed by atoms with van der Waals surface area (Å²) in [7, 11) is 1.53. The molecule has 2 rings (SSSR count). The molecule has 3 N–H and O–H groups in total. The largest absolute Gasteiger partial charge is 0.444 e. The van der Waals surface area contributed by atoms with Crippen molar-refractivity contribution in [1.29, 1.82) is 0 Å². The number of carbonyl (C=O) groups is 2. The van der Waals surface area contributed by atoms with Crippen molar-refractivity contribution in [2.45, 2.75) is 64.1 Å². The number of carbonyl (C=O) groups excluding carboxylic acids is 2. The Morgan fingerprint density at radius 1 is 1.23 bits per heavy atom. The number of ether oxygens (including phenoxy) is 1. The van der Waals surface area contributed by atoms with Gasteiger partial charge in [0, 0.05) is 25.2 Å². The predicted octanol–water partition coefficient (Wildman–Crippen LogP) is 2.74. The van der Waals surface area contributed by atoms with Gasteiger partial charge < -0.3 is 20.7 Å². The second-order valence-corrected chi connectivity index (χ2v) is 7.75. The highest BCUT2D eigenvalue weighted by Crippen LogP contribution is 2.25. The molecule has 8 nitrogen and oxygen atoms in total. The molecule has 0 saturated heterocycles. The minimum atomic E-state index is -0.529. The van der Waals surface area contributed by atoms with Crippen LogP contribution in [0.5, 0.6) is 0 Å². The lowest BCUT2D eigenvalue weighted by Gasteiger charge is -2.31. The summed E-state index contributed by atoms with van der Waals surface area (Å²) < 4.78 is 5.32. The molecule has 144 valence electrons. The molecule has 1 saturated carbocycles. The lowest BCUT2D eigenvalue weighted by Crippen LogP contribution is -2.44. The molecule has 0 aromatic carbocycles. The summed E-state index contributed by atoms with van der Waals surface area (Å²) in [6.45, 7) is 5.49. The number of amides is 2. The average Bonchev–Trinajstić information content (AvgIpc) is 2.52. The first-order chi connectivity index (χ1) is 12.2. The Balaban J connectivity index is 2.01. The van der Waals surface area contributed by atoms with Crippen LogP contribution in [0.2, 0.25) is 5.15 Å². The molecule has 1 aromatic rings. The van der Waals surface area contributed by atoms with Crippen LogP contribution in [0.15, 0.2) is 6.07 Å². The molecule has 0 radical (unpaired) electrons. The highest BCUT2D eigenvalue weighted by molar-refractivity contribution is 6.29. The normalized spacial score (nSPS) is 20.2. The van der Waals surface area contributed by atoms with Gasteiger partial charge in [0.25, 0.3) is 5.91 Å². The second kappa shape index (κ2) is 8.53. The molecule has 1 aliphatic carbocycles. The van der Waals surface area contributed by atoms with E-state index in [1.807, 2.05) is 20.8 Å². The Morgan fingerprint density at radius 3 is 2.58 bits per heavy atom. The van der Waals surface area contributed by atoms with Crippen molar-refractivity contribution in [1.82, 2.24) is 20.8 Å². The van der Waals surface area contributed by atoms with E-state index in [1.165, 1.54) is 7.05 Å². The van der Waals surface area contributed by atoms with Crippen LogP contribution in [0.25, 0.3) is 0 Å². The van der Waals surface area contributed by atoms with Crippen molar-refractivity contribution in [3.05, 3.63) is 16.9 Å². The Kier molecular flexibility index (Phi) is 6.63. The van der Waals surface area contributed by atoms with Gasteiger partial charge in [-0.25, -0.2) is 4.79 Å². The molecule has 26 heavy (non-hydrogen) atoms. The third kappa shape index (κ3) is 6.01. The minimum Gasteiger partial charge on any atom is -0.444 e. The monoisotopic (exact) mass is 383 g/mol. The standard InChI is InChI=1S/C17H26ClN5O3/c1-17(2,3)26-16(25)21-11-7-5-6-10(8-11)20-12-9-13(18)22-23-14(12)15(24)19-4/h9-11H,5-8H2,1-4H3,(H,19,24)(H,20,22)(H,21,25). The fraction of sp³-hybridized carbons (Fsp3) is 0.647. The number of hydrogen-bond donors (Lipinski definition) is 3. The van der Waals surface area contributed by atoms with E-state index < -0.39 is 11.7 Å². The number of aromatic nitrogens is 2. The number of nitrogens with zero attached hydrogens (tertiary/aromatic N) is 2. The molecule has 1 heterocycles. The molecular weight excluding hydrogens is 358 g/mol. The first-order valence-corrected chi connectivity index (χ1v) is 9.07. The quantitative estimate of drug-likeness (QED) is 0.738. The van der Waals surface area contributed by atoms with Crippen LogP contribution in [0.1, 0.15) is 56.9 Å². The van der Waals surface area contributed by atoms with E-state index in [9.17, 15) is 9.59 Å². The van der Waals surface area contributed by atoms with E-state index >= 15 is 0 Å². The van der Waals surface area contributed by atoms with Crippen molar-refractivity contribution >= 4 is 29.3 Å². The van der Waals surface area contributed by atoms with Gasteiger partial charge in [-0.1, -0.05) is 11.6 Å². The Hall–Kier alpha value is -2.09. The minimum absolute atomic E-state index is 0.00446. The van der Waals surface area contributed by atoms with Gasteiger partial charge in [0.05, 0.1) is 5.69 Å². The lowest BCUT2D eigenvalue weighted by atomic mass is 9.91. The van der Waals surface area contributed by atoms with E-state index in [-0.39, 0.29) is 28.8 Å². The van der Waals surface area contributed by atoms with Crippen LogP contribution in [-0.2, 0) is 4.74 Å². The Morgan fingerprint density at radius 2 is 1.92 bits per heavy atom. The van der Waals surface area contributed by atoms with Crippen LogP contribution in [0, 0.1) is 0 Å². The van der Waals surface area contributed by atoms with Crippen molar-refractivity contribution in [2.75, 3.05) is 12.4 Å². The molecule has 2 amide bonds. The highest BCUT2D eigenvalue weighted by Gasteiger charge is 2.26. The van der Waals surface area contributed by atoms with E-state index in [2.05, 4.69) is 26.1 Å².